The van der Waals surface area contributed by atoms with Crippen LogP contribution in [0.15, 0.2) is 15.6 Å². The molecule has 0 bridgehead atoms. The van der Waals surface area contributed by atoms with Gasteiger partial charge in [0.2, 0.25) is 0 Å². The third-order valence-corrected chi connectivity index (χ3v) is 2.45. The molecule has 1 aromatic rings. The Morgan fingerprint density at radius 2 is 2.33 bits per heavy atom. The molecule has 1 atom stereocenters. The number of carbonyl (C=O) groups excluding carboxylic acids is 1. The molecule has 1 saturated carbocycles. The van der Waals surface area contributed by atoms with Gasteiger partial charge >= 0.3 is 0 Å². The smallest absolute Gasteiger partial charge is 0.195 e. The first kappa shape index (κ1) is 10.1. The van der Waals surface area contributed by atoms with E-state index >= 15 is 0 Å². The van der Waals surface area contributed by atoms with E-state index in [1.54, 1.807) is 6.07 Å². The van der Waals surface area contributed by atoms with E-state index in [1.165, 1.54) is 0 Å². The van der Waals surface area contributed by atoms with Crippen LogP contribution in [0, 0.1) is 12.8 Å². The summed E-state index contributed by atoms with van der Waals surface area (Å²) in [5.41, 5.74) is 0.923. The summed E-state index contributed by atoms with van der Waals surface area (Å²) in [5.74, 6) is 1.99. The Bertz CT molecular complexity index is 406. The molecule has 0 N–H and O–H groups in total. The average Bonchev–Trinajstić information content (AvgIpc) is 2.49. The van der Waals surface area contributed by atoms with E-state index in [0.29, 0.717) is 24.6 Å². The first-order valence-electron chi connectivity index (χ1n) is 5.15. The Balaban J connectivity index is 2.16. The number of aliphatic imine (C=N–C) groups is 1. The van der Waals surface area contributed by atoms with Crippen LogP contribution in [0.2, 0.25) is 0 Å². The number of aryl methyl sites for hydroxylation is 1. The van der Waals surface area contributed by atoms with Gasteiger partial charge in [0.1, 0.15) is 11.5 Å². The van der Waals surface area contributed by atoms with Crippen LogP contribution in [0.5, 0.6) is 0 Å². The van der Waals surface area contributed by atoms with Gasteiger partial charge < -0.3 is 4.52 Å². The van der Waals surface area contributed by atoms with E-state index < -0.39 is 0 Å². The predicted octanol–water partition coefficient (Wildman–Crippen LogP) is 2.44. The molecule has 0 aliphatic heterocycles. The molecular weight excluding hydrogens is 192 g/mol. The van der Waals surface area contributed by atoms with Gasteiger partial charge in [-0.25, -0.2) is 4.99 Å². The maximum Gasteiger partial charge on any atom is 0.195 e. The van der Waals surface area contributed by atoms with Crippen LogP contribution in [-0.4, -0.2) is 16.7 Å². The third kappa shape index (κ3) is 2.52. The molecule has 1 aliphatic carbocycles. The monoisotopic (exact) mass is 206 g/mol. The molecule has 15 heavy (non-hydrogen) atoms. The van der Waals surface area contributed by atoms with Crippen molar-refractivity contribution >= 4 is 17.3 Å². The predicted molar refractivity (Wildman–Crippen MR) is 56.4 cm³/mol. The van der Waals surface area contributed by atoms with Crippen molar-refractivity contribution in [3.63, 3.8) is 0 Å². The van der Waals surface area contributed by atoms with Crippen molar-refractivity contribution in [1.29, 1.82) is 0 Å². The molecule has 0 amide bonds. The molecule has 80 valence electrons. The highest BCUT2D eigenvalue weighted by atomic mass is 16.5. The topological polar surface area (TPSA) is 55.5 Å². The third-order valence-electron chi connectivity index (χ3n) is 2.45. The van der Waals surface area contributed by atoms with Crippen LogP contribution in [-0.2, 0) is 4.79 Å². The molecular formula is C11H14N2O2. The lowest BCUT2D eigenvalue weighted by molar-refractivity contribution is -0.119. The van der Waals surface area contributed by atoms with Crippen molar-refractivity contribution in [3.05, 3.63) is 11.8 Å². The largest absolute Gasteiger partial charge is 0.359 e. The van der Waals surface area contributed by atoms with Crippen LogP contribution in [0.25, 0.3) is 0 Å². The summed E-state index contributed by atoms with van der Waals surface area (Å²) < 4.78 is 4.92. The van der Waals surface area contributed by atoms with E-state index in [2.05, 4.69) is 17.1 Å². The van der Waals surface area contributed by atoms with Crippen molar-refractivity contribution in [3.8, 4) is 0 Å². The van der Waals surface area contributed by atoms with Crippen molar-refractivity contribution in [2.75, 3.05) is 0 Å². The van der Waals surface area contributed by atoms with Gasteiger partial charge in [0.25, 0.3) is 0 Å². The minimum absolute atomic E-state index is 0.271. The fourth-order valence-corrected chi connectivity index (χ4v) is 1.89. The number of rotatable bonds is 1. The van der Waals surface area contributed by atoms with Crippen molar-refractivity contribution < 1.29 is 9.32 Å². The summed E-state index contributed by atoms with van der Waals surface area (Å²) in [7, 11) is 0. The Kier molecular flexibility index (Phi) is 2.66. The Hall–Kier alpha value is -1.45. The van der Waals surface area contributed by atoms with Crippen molar-refractivity contribution in [2.24, 2.45) is 10.9 Å². The number of hydrogen-bond donors (Lipinski definition) is 0. The van der Waals surface area contributed by atoms with Gasteiger partial charge in [-0.15, -0.1) is 0 Å². The summed E-state index contributed by atoms with van der Waals surface area (Å²) in [5, 5.41) is 3.79. The molecule has 0 aromatic carbocycles. The van der Waals surface area contributed by atoms with Crippen molar-refractivity contribution in [2.45, 2.75) is 33.1 Å². The van der Waals surface area contributed by atoms with Crippen LogP contribution in [0.1, 0.15) is 31.9 Å². The molecule has 1 unspecified atom stereocenters. The normalized spacial score (nSPS) is 24.8. The minimum atomic E-state index is 0.271. The molecule has 1 heterocycles. The lowest BCUT2D eigenvalue weighted by atomic mass is 9.88. The second kappa shape index (κ2) is 3.96. The fourth-order valence-electron chi connectivity index (χ4n) is 1.89. The minimum Gasteiger partial charge on any atom is -0.359 e. The van der Waals surface area contributed by atoms with E-state index in [1.807, 2.05) is 6.92 Å². The second-order valence-electron chi connectivity index (χ2n) is 4.20. The first-order chi connectivity index (χ1) is 7.13. The van der Waals surface area contributed by atoms with E-state index in [-0.39, 0.29) is 5.78 Å². The molecule has 0 spiro atoms. The van der Waals surface area contributed by atoms with Gasteiger partial charge in [0, 0.05) is 24.6 Å². The number of Topliss-reactive ketones (excluding diaryl/α,β-unsaturated/α-hetero) is 1. The highest BCUT2D eigenvalue weighted by molar-refractivity contribution is 6.05. The van der Waals surface area contributed by atoms with Gasteiger partial charge in [-0.2, -0.15) is 0 Å². The molecule has 0 radical (unpaired) electrons. The highest BCUT2D eigenvalue weighted by Gasteiger charge is 2.20. The molecule has 1 aromatic heterocycles. The van der Waals surface area contributed by atoms with Crippen LogP contribution in [0.4, 0.5) is 5.82 Å². The fraction of sp³-hybridized carbons (Fsp3) is 0.545. The van der Waals surface area contributed by atoms with Crippen molar-refractivity contribution in [1.82, 2.24) is 5.16 Å². The van der Waals surface area contributed by atoms with E-state index in [9.17, 15) is 4.79 Å². The lowest BCUT2D eigenvalue weighted by Gasteiger charge is -2.17. The summed E-state index contributed by atoms with van der Waals surface area (Å²) in [6, 6.07) is 1.77. The Morgan fingerprint density at radius 1 is 1.53 bits per heavy atom. The quantitative estimate of drug-likeness (QED) is 0.709. The SMILES string of the molecule is Cc1cc(N=C2CC(=O)CC(C)C2)no1. The first-order valence-corrected chi connectivity index (χ1v) is 5.15. The molecule has 2 rings (SSSR count). The zero-order valence-corrected chi connectivity index (χ0v) is 8.99. The Labute approximate surface area is 88.4 Å². The number of carbonyl (C=O) groups is 1. The van der Waals surface area contributed by atoms with Crippen LogP contribution < -0.4 is 0 Å². The van der Waals surface area contributed by atoms with Gasteiger partial charge in [-0.3, -0.25) is 4.79 Å². The molecule has 1 aliphatic rings. The van der Waals surface area contributed by atoms with E-state index in [4.69, 9.17) is 4.52 Å². The number of hydrogen-bond acceptors (Lipinski definition) is 4. The summed E-state index contributed by atoms with van der Waals surface area (Å²) in [6.45, 7) is 3.89. The summed E-state index contributed by atoms with van der Waals surface area (Å²) in [4.78, 5) is 15.7. The van der Waals surface area contributed by atoms with Gasteiger partial charge in [0.05, 0.1) is 0 Å². The molecule has 1 fully saturated rings. The maximum absolute atomic E-state index is 11.4. The highest BCUT2D eigenvalue weighted by Crippen LogP contribution is 2.21. The lowest BCUT2D eigenvalue weighted by Crippen LogP contribution is -2.20. The summed E-state index contributed by atoms with van der Waals surface area (Å²) >= 11 is 0. The zero-order chi connectivity index (χ0) is 10.8. The molecule has 4 nitrogen and oxygen atoms in total. The average molecular weight is 206 g/mol. The molecule has 4 heteroatoms. The number of ketones is 1. The van der Waals surface area contributed by atoms with E-state index in [0.717, 1.165) is 17.9 Å². The van der Waals surface area contributed by atoms with Crippen LogP contribution >= 0.6 is 0 Å². The van der Waals surface area contributed by atoms with Gasteiger partial charge in [-0.1, -0.05) is 12.1 Å². The number of nitrogens with zero attached hydrogens (tertiary/aromatic N) is 2. The summed E-state index contributed by atoms with van der Waals surface area (Å²) in [6.07, 6.45) is 2.03. The standard InChI is InChI=1S/C11H14N2O2/c1-7-3-9(6-10(14)4-7)12-11-5-8(2)15-13-11/h5,7H,3-4,6H2,1-2H3. The van der Waals surface area contributed by atoms with Gasteiger partial charge in [-0.05, 0) is 19.3 Å². The maximum atomic E-state index is 11.4. The Morgan fingerprint density at radius 3 is 2.93 bits per heavy atom. The second-order valence-corrected chi connectivity index (χ2v) is 4.20. The zero-order valence-electron chi connectivity index (χ0n) is 8.99. The number of aromatic nitrogens is 1. The molecule has 0 saturated heterocycles. The van der Waals surface area contributed by atoms with Gasteiger partial charge in [0.15, 0.2) is 5.82 Å². The van der Waals surface area contributed by atoms with Crippen LogP contribution in [0.3, 0.4) is 0 Å².